The smallest absolute Gasteiger partial charge is 0.267 e. The molecule has 0 saturated carbocycles. The fourth-order valence-corrected chi connectivity index (χ4v) is 3.13. The number of nitrogens with zero attached hydrogens (tertiary/aromatic N) is 4. The predicted molar refractivity (Wildman–Crippen MR) is 144 cm³/mol. The van der Waals surface area contributed by atoms with Gasteiger partial charge in [-0.1, -0.05) is 20.4 Å². The van der Waals surface area contributed by atoms with Crippen molar-refractivity contribution < 1.29 is 9.53 Å². The summed E-state index contributed by atoms with van der Waals surface area (Å²) in [5.41, 5.74) is 3.28. The Balaban J connectivity index is 0.00000210. The molecule has 0 aliphatic carbocycles. The maximum atomic E-state index is 12.4. The zero-order valence-corrected chi connectivity index (χ0v) is 21.2. The van der Waals surface area contributed by atoms with Crippen LogP contribution in [0.15, 0.2) is 59.9 Å². The Morgan fingerprint density at radius 2 is 2.03 bits per heavy atom. The molecule has 2 aromatic heterocycles. The molecule has 3 aromatic rings. The van der Waals surface area contributed by atoms with Gasteiger partial charge in [0.05, 0.1) is 18.5 Å². The van der Waals surface area contributed by atoms with Crippen LogP contribution < -0.4 is 10.6 Å². The molecule has 0 unspecified atom stereocenters. The molecule has 0 aliphatic heterocycles. The normalized spacial score (nSPS) is 11.0. The average Bonchev–Trinajstić information content (AvgIpc) is 3.30. The van der Waals surface area contributed by atoms with Gasteiger partial charge in [0.15, 0.2) is 0 Å². The number of hydrogen-bond donors (Lipinski definition) is 3. The number of carbonyl (C=O) groups is 1. The van der Waals surface area contributed by atoms with Crippen LogP contribution in [0.1, 0.15) is 36.5 Å². The molecular formula is C26H35N7O2. The van der Waals surface area contributed by atoms with Crippen LogP contribution in [0.25, 0.3) is 16.6 Å². The number of carbonyl (C=O) groups excluding carboxylic acids is 1. The number of H-pyrrole nitrogens is 1. The third-order valence-electron chi connectivity index (χ3n) is 4.84. The van der Waals surface area contributed by atoms with E-state index in [0.717, 1.165) is 29.6 Å². The van der Waals surface area contributed by atoms with Crippen LogP contribution >= 0.6 is 0 Å². The maximum absolute atomic E-state index is 12.4. The number of hydrogen-bond acceptors (Lipinski definition) is 7. The summed E-state index contributed by atoms with van der Waals surface area (Å²) in [5, 5.41) is 7.03. The highest BCUT2D eigenvalue weighted by Crippen LogP contribution is 2.23. The molecule has 1 aromatic carbocycles. The molecule has 0 radical (unpaired) electrons. The SMILES string of the molecule is C=N/C(=C\C(=C)OC)c1ccnc(Nc2ccc3[nH]c(C(=O)NCCCN(C)C)cc3c2)n1.CC. The second-order valence-electron chi connectivity index (χ2n) is 7.65. The molecule has 0 bridgehead atoms. The number of allylic oxidation sites excluding steroid dienone is 1. The molecule has 2 heterocycles. The average molecular weight is 478 g/mol. The third-order valence-corrected chi connectivity index (χ3v) is 4.84. The summed E-state index contributed by atoms with van der Waals surface area (Å²) in [4.78, 5) is 30.5. The molecule has 0 atom stereocenters. The zero-order chi connectivity index (χ0) is 25.8. The molecule has 0 aliphatic rings. The number of rotatable bonds is 11. The summed E-state index contributed by atoms with van der Waals surface area (Å²) >= 11 is 0. The lowest BCUT2D eigenvalue weighted by Gasteiger charge is -2.09. The maximum Gasteiger partial charge on any atom is 0.267 e. The molecule has 1 amide bonds. The Kier molecular flexibility index (Phi) is 10.6. The van der Waals surface area contributed by atoms with Crippen molar-refractivity contribution >= 4 is 40.9 Å². The molecular weight excluding hydrogens is 442 g/mol. The molecule has 9 heteroatoms. The Morgan fingerprint density at radius 3 is 2.71 bits per heavy atom. The van der Waals surface area contributed by atoms with Crippen molar-refractivity contribution in [2.24, 2.45) is 4.99 Å². The first-order valence-electron chi connectivity index (χ1n) is 11.5. The molecule has 35 heavy (non-hydrogen) atoms. The highest BCUT2D eigenvalue weighted by atomic mass is 16.5. The van der Waals surface area contributed by atoms with Crippen LogP contribution in [-0.4, -0.2) is 66.8 Å². The van der Waals surface area contributed by atoms with Crippen molar-refractivity contribution in [3.8, 4) is 0 Å². The van der Waals surface area contributed by atoms with Crippen LogP contribution in [0.2, 0.25) is 0 Å². The highest BCUT2D eigenvalue weighted by molar-refractivity contribution is 5.98. The van der Waals surface area contributed by atoms with E-state index in [1.807, 2.05) is 52.2 Å². The van der Waals surface area contributed by atoms with Gasteiger partial charge >= 0.3 is 0 Å². The summed E-state index contributed by atoms with van der Waals surface area (Å²) < 4.78 is 5.08. The first kappa shape index (κ1) is 27.3. The number of aromatic amines is 1. The van der Waals surface area contributed by atoms with Gasteiger partial charge in [-0.15, -0.1) is 0 Å². The van der Waals surface area contributed by atoms with Crippen molar-refractivity contribution in [1.29, 1.82) is 0 Å². The fraction of sp³-hybridized carbons (Fsp3) is 0.308. The molecule has 186 valence electrons. The Morgan fingerprint density at radius 1 is 1.26 bits per heavy atom. The monoisotopic (exact) mass is 477 g/mol. The molecule has 0 saturated heterocycles. The summed E-state index contributed by atoms with van der Waals surface area (Å²) in [7, 11) is 5.55. The van der Waals surface area contributed by atoms with Crippen LogP contribution in [0.3, 0.4) is 0 Å². The first-order valence-corrected chi connectivity index (χ1v) is 11.5. The van der Waals surface area contributed by atoms with Crippen molar-refractivity contribution in [3.05, 3.63) is 66.3 Å². The number of methoxy groups -OCH3 is 1. The molecule has 3 rings (SSSR count). The Hall–Kier alpha value is -3.98. The largest absolute Gasteiger partial charge is 0.497 e. The van der Waals surface area contributed by atoms with E-state index in [9.17, 15) is 4.79 Å². The van der Waals surface area contributed by atoms with Crippen molar-refractivity contribution in [2.45, 2.75) is 20.3 Å². The number of fused-ring (bicyclic) bond motifs is 1. The molecule has 0 fully saturated rings. The summed E-state index contributed by atoms with van der Waals surface area (Å²) in [6, 6.07) is 9.29. The van der Waals surface area contributed by atoms with E-state index < -0.39 is 0 Å². The van der Waals surface area contributed by atoms with E-state index in [1.165, 1.54) is 7.11 Å². The van der Waals surface area contributed by atoms with Crippen molar-refractivity contribution in [2.75, 3.05) is 39.6 Å². The number of nitrogens with one attached hydrogen (secondary N) is 3. The van der Waals surface area contributed by atoms with E-state index in [4.69, 9.17) is 4.74 Å². The van der Waals surface area contributed by atoms with Crippen molar-refractivity contribution in [3.63, 3.8) is 0 Å². The predicted octanol–water partition coefficient (Wildman–Crippen LogP) is 4.61. The molecule has 9 nitrogen and oxygen atoms in total. The molecule has 3 N–H and O–H groups in total. The van der Waals surface area contributed by atoms with Gasteiger partial charge in [-0.05, 0) is 64.1 Å². The van der Waals surface area contributed by atoms with Gasteiger partial charge < -0.3 is 25.3 Å². The lowest BCUT2D eigenvalue weighted by molar-refractivity contribution is 0.0948. The van der Waals surface area contributed by atoms with Crippen molar-refractivity contribution in [1.82, 2.24) is 25.2 Å². The van der Waals surface area contributed by atoms with Gasteiger partial charge in [-0.2, -0.15) is 0 Å². The number of aliphatic imine (C=N–C) groups is 1. The minimum Gasteiger partial charge on any atom is -0.497 e. The summed E-state index contributed by atoms with van der Waals surface area (Å²) in [5.74, 6) is 0.726. The van der Waals surface area contributed by atoms with E-state index in [-0.39, 0.29) is 5.91 Å². The first-order chi connectivity index (χ1) is 16.9. The quantitative estimate of drug-likeness (QED) is 0.161. The Labute approximate surface area is 207 Å². The van der Waals surface area contributed by atoms with E-state index >= 15 is 0 Å². The number of ether oxygens (including phenoxy) is 1. The van der Waals surface area contributed by atoms with Gasteiger partial charge in [0.2, 0.25) is 5.95 Å². The fourth-order valence-electron chi connectivity index (χ4n) is 3.13. The van der Waals surface area contributed by atoms with Gasteiger partial charge in [0.1, 0.15) is 11.5 Å². The third kappa shape index (κ3) is 8.08. The van der Waals surface area contributed by atoms with E-state index in [2.05, 4.69) is 48.8 Å². The molecule has 0 spiro atoms. The number of aromatic nitrogens is 3. The Bertz CT molecular complexity index is 1180. The lowest BCUT2D eigenvalue weighted by atomic mass is 10.2. The lowest BCUT2D eigenvalue weighted by Crippen LogP contribution is -2.27. The topological polar surface area (TPSA) is 108 Å². The number of anilines is 2. The van der Waals surface area contributed by atoms with Gasteiger partial charge in [0.25, 0.3) is 5.91 Å². The number of benzene rings is 1. The minimum atomic E-state index is -0.121. The van der Waals surface area contributed by atoms with Gasteiger partial charge in [-0.3, -0.25) is 9.79 Å². The second kappa shape index (κ2) is 13.7. The highest BCUT2D eigenvalue weighted by Gasteiger charge is 2.10. The summed E-state index contributed by atoms with van der Waals surface area (Å²) in [6.45, 7) is 12.9. The minimum absolute atomic E-state index is 0.121. The van der Waals surface area contributed by atoms with E-state index in [1.54, 1.807) is 18.3 Å². The second-order valence-corrected chi connectivity index (χ2v) is 7.65. The van der Waals surface area contributed by atoms with Crippen LogP contribution in [-0.2, 0) is 4.74 Å². The number of amides is 1. The van der Waals surface area contributed by atoms with E-state index in [0.29, 0.717) is 35.3 Å². The van der Waals surface area contributed by atoms with Gasteiger partial charge in [-0.25, -0.2) is 9.97 Å². The van der Waals surface area contributed by atoms with Gasteiger partial charge in [0, 0.05) is 35.4 Å². The summed E-state index contributed by atoms with van der Waals surface area (Å²) in [6.07, 6.45) is 4.18. The van der Waals surface area contributed by atoms with Crippen LogP contribution in [0, 0.1) is 0 Å². The van der Waals surface area contributed by atoms with Crippen LogP contribution in [0.5, 0.6) is 0 Å². The standard InChI is InChI=1S/C24H29N7O2.C2H6/c1-16(33-5)13-21(25-2)20-9-11-27-24(30-20)28-18-7-8-19-17(14-18)15-22(29-19)23(32)26-10-6-12-31(3)4;1-2/h7-9,11,13-15,29H,1-2,6,10,12H2,3-5H3,(H,26,32)(H,27,28,30);1-2H3/b21-13-;. The zero-order valence-electron chi connectivity index (χ0n) is 21.2. The van der Waals surface area contributed by atoms with Crippen LogP contribution in [0.4, 0.5) is 11.6 Å².